The van der Waals surface area contributed by atoms with Crippen LogP contribution in [0.5, 0.6) is 0 Å². The molecule has 0 aromatic heterocycles. The molecule has 0 spiro atoms. The second-order valence-electron chi connectivity index (χ2n) is 2.92. The lowest BCUT2D eigenvalue weighted by Gasteiger charge is -2.12. The second kappa shape index (κ2) is 7.36. The fourth-order valence-electron chi connectivity index (χ4n) is 0.850. The fraction of sp³-hybridized carbons (Fsp3) is 1.00. The molecule has 1 nitrogen and oxygen atoms in total. The van der Waals surface area contributed by atoms with Gasteiger partial charge in [0.2, 0.25) is 0 Å². The number of rotatable bonds is 4. The minimum atomic E-state index is 0. The van der Waals surface area contributed by atoms with Crippen LogP contribution in [-0.4, -0.2) is 6.04 Å². The van der Waals surface area contributed by atoms with E-state index in [9.17, 15) is 0 Å². The minimum absolute atomic E-state index is 0. The van der Waals surface area contributed by atoms with Crippen molar-refractivity contribution in [2.75, 3.05) is 0 Å². The molecule has 2 unspecified atom stereocenters. The summed E-state index contributed by atoms with van der Waals surface area (Å²) < 4.78 is 0. The van der Waals surface area contributed by atoms with Gasteiger partial charge >= 0.3 is 0 Å². The Hall–Kier alpha value is 0.250. The normalized spacial score (nSPS) is 15.6. The largest absolute Gasteiger partial charge is 0.328 e. The lowest BCUT2D eigenvalue weighted by atomic mass is 9.99. The molecule has 0 heterocycles. The van der Waals surface area contributed by atoms with Gasteiger partial charge in [-0.1, -0.05) is 27.2 Å². The molecule has 0 saturated carbocycles. The van der Waals surface area contributed by atoms with Crippen LogP contribution in [0.25, 0.3) is 0 Å². The van der Waals surface area contributed by atoms with Crippen molar-refractivity contribution in [2.24, 2.45) is 11.7 Å². The minimum Gasteiger partial charge on any atom is -0.328 e. The smallest absolute Gasteiger partial charge is 0.00387 e. The highest BCUT2D eigenvalue weighted by atomic mass is 35.5. The van der Waals surface area contributed by atoms with Crippen molar-refractivity contribution in [1.82, 2.24) is 0 Å². The van der Waals surface area contributed by atoms with E-state index in [-0.39, 0.29) is 12.4 Å². The Morgan fingerprint density at radius 1 is 1.20 bits per heavy atom. The first-order chi connectivity index (χ1) is 4.20. The van der Waals surface area contributed by atoms with Gasteiger partial charge in [0.1, 0.15) is 0 Å². The van der Waals surface area contributed by atoms with Crippen LogP contribution in [0.4, 0.5) is 0 Å². The zero-order valence-electron chi connectivity index (χ0n) is 7.26. The van der Waals surface area contributed by atoms with Gasteiger partial charge in [0, 0.05) is 6.04 Å². The van der Waals surface area contributed by atoms with Gasteiger partial charge < -0.3 is 5.73 Å². The quantitative estimate of drug-likeness (QED) is 0.681. The average Bonchev–Trinajstić information content (AvgIpc) is 1.87. The standard InChI is InChI=1S/C8H19N.ClH/c1-4-7(3)6-8(9)5-2;/h7-8H,4-6,9H2,1-3H3;1H. The molecule has 0 radical (unpaired) electrons. The Bertz CT molecular complexity index is 58.3. The molecular formula is C8H20ClN. The van der Waals surface area contributed by atoms with Crippen LogP contribution in [0.3, 0.4) is 0 Å². The highest BCUT2D eigenvalue weighted by Crippen LogP contribution is 2.09. The molecule has 2 heteroatoms. The van der Waals surface area contributed by atoms with E-state index in [0.717, 1.165) is 12.3 Å². The molecule has 0 aliphatic rings. The average molecular weight is 166 g/mol. The number of nitrogens with two attached hydrogens (primary N) is 1. The van der Waals surface area contributed by atoms with Crippen LogP contribution >= 0.6 is 12.4 Å². The molecular weight excluding hydrogens is 146 g/mol. The Balaban J connectivity index is 0. The highest BCUT2D eigenvalue weighted by Gasteiger charge is 2.03. The van der Waals surface area contributed by atoms with Gasteiger partial charge in [0.15, 0.2) is 0 Å². The summed E-state index contributed by atoms with van der Waals surface area (Å²) in [6, 6.07) is 0.431. The van der Waals surface area contributed by atoms with E-state index in [1.54, 1.807) is 0 Å². The van der Waals surface area contributed by atoms with Crippen LogP contribution in [0.1, 0.15) is 40.0 Å². The fourth-order valence-corrected chi connectivity index (χ4v) is 0.850. The first-order valence-electron chi connectivity index (χ1n) is 3.96. The Labute approximate surface area is 70.8 Å². The Kier molecular flexibility index (Phi) is 9.48. The monoisotopic (exact) mass is 165 g/mol. The first kappa shape index (κ1) is 12.9. The maximum absolute atomic E-state index is 5.75. The van der Waals surface area contributed by atoms with E-state index in [2.05, 4.69) is 20.8 Å². The van der Waals surface area contributed by atoms with Gasteiger partial charge in [0.25, 0.3) is 0 Å². The van der Waals surface area contributed by atoms with Gasteiger partial charge in [-0.2, -0.15) is 0 Å². The summed E-state index contributed by atoms with van der Waals surface area (Å²) in [6.07, 6.45) is 3.56. The molecule has 2 N–H and O–H groups in total. The van der Waals surface area contributed by atoms with E-state index in [4.69, 9.17) is 5.73 Å². The van der Waals surface area contributed by atoms with Gasteiger partial charge in [-0.3, -0.25) is 0 Å². The number of halogens is 1. The molecule has 0 fully saturated rings. The third kappa shape index (κ3) is 6.37. The Morgan fingerprint density at radius 2 is 1.70 bits per heavy atom. The van der Waals surface area contributed by atoms with Crippen molar-refractivity contribution in [3.8, 4) is 0 Å². The van der Waals surface area contributed by atoms with Crippen molar-refractivity contribution < 1.29 is 0 Å². The van der Waals surface area contributed by atoms with Crippen molar-refractivity contribution in [3.63, 3.8) is 0 Å². The molecule has 0 aliphatic heterocycles. The van der Waals surface area contributed by atoms with Crippen LogP contribution in [0.2, 0.25) is 0 Å². The predicted octanol–water partition coefficient (Wildman–Crippen LogP) is 2.58. The molecule has 0 bridgehead atoms. The summed E-state index contributed by atoms with van der Waals surface area (Å²) in [5, 5.41) is 0. The molecule has 2 atom stereocenters. The maximum atomic E-state index is 5.75. The van der Waals surface area contributed by atoms with Crippen molar-refractivity contribution in [1.29, 1.82) is 0 Å². The zero-order chi connectivity index (χ0) is 7.28. The third-order valence-corrected chi connectivity index (χ3v) is 1.93. The highest BCUT2D eigenvalue weighted by molar-refractivity contribution is 5.85. The van der Waals surface area contributed by atoms with E-state index in [0.29, 0.717) is 6.04 Å². The van der Waals surface area contributed by atoms with Crippen molar-refractivity contribution >= 4 is 12.4 Å². The first-order valence-corrected chi connectivity index (χ1v) is 3.96. The summed E-state index contributed by atoms with van der Waals surface area (Å²) in [6.45, 7) is 6.62. The summed E-state index contributed by atoms with van der Waals surface area (Å²) in [5.41, 5.74) is 5.75. The Morgan fingerprint density at radius 3 is 2.00 bits per heavy atom. The SMILES string of the molecule is CCC(C)CC(N)CC.Cl. The number of hydrogen-bond acceptors (Lipinski definition) is 1. The van der Waals surface area contributed by atoms with Gasteiger partial charge in [-0.05, 0) is 18.8 Å². The van der Waals surface area contributed by atoms with E-state index in [1.165, 1.54) is 12.8 Å². The lowest BCUT2D eigenvalue weighted by molar-refractivity contribution is 0.445. The van der Waals surface area contributed by atoms with E-state index >= 15 is 0 Å². The van der Waals surface area contributed by atoms with Crippen LogP contribution in [0, 0.1) is 5.92 Å². The molecule has 0 aromatic carbocycles. The molecule has 10 heavy (non-hydrogen) atoms. The van der Waals surface area contributed by atoms with E-state index in [1.807, 2.05) is 0 Å². The van der Waals surface area contributed by atoms with Gasteiger partial charge in [0.05, 0.1) is 0 Å². The van der Waals surface area contributed by atoms with Crippen LogP contribution < -0.4 is 5.73 Å². The molecule has 0 saturated heterocycles. The number of hydrogen-bond donors (Lipinski definition) is 1. The lowest BCUT2D eigenvalue weighted by Crippen LogP contribution is -2.21. The molecule has 0 rings (SSSR count). The molecule has 64 valence electrons. The van der Waals surface area contributed by atoms with Gasteiger partial charge in [-0.15, -0.1) is 12.4 Å². The van der Waals surface area contributed by atoms with Crippen molar-refractivity contribution in [2.45, 2.75) is 46.1 Å². The van der Waals surface area contributed by atoms with E-state index < -0.39 is 0 Å². The molecule has 0 amide bonds. The molecule has 0 aliphatic carbocycles. The topological polar surface area (TPSA) is 26.0 Å². The summed E-state index contributed by atoms with van der Waals surface area (Å²) in [5.74, 6) is 0.806. The van der Waals surface area contributed by atoms with Crippen molar-refractivity contribution in [3.05, 3.63) is 0 Å². The third-order valence-electron chi connectivity index (χ3n) is 1.93. The van der Waals surface area contributed by atoms with Crippen LogP contribution in [0.15, 0.2) is 0 Å². The summed E-state index contributed by atoms with van der Waals surface area (Å²) in [7, 11) is 0. The molecule has 0 aromatic rings. The summed E-state index contributed by atoms with van der Waals surface area (Å²) in [4.78, 5) is 0. The zero-order valence-corrected chi connectivity index (χ0v) is 8.08. The van der Waals surface area contributed by atoms with Gasteiger partial charge in [-0.25, -0.2) is 0 Å². The van der Waals surface area contributed by atoms with Crippen LogP contribution in [-0.2, 0) is 0 Å². The second-order valence-corrected chi connectivity index (χ2v) is 2.92. The predicted molar refractivity (Wildman–Crippen MR) is 49.6 cm³/mol. The summed E-state index contributed by atoms with van der Waals surface area (Å²) >= 11 is 0. The maximum Gasteiger partial charge on any atom is 0.00387 e.